The van der Waals surface area contributed by atoms with E-state index in [1.807, 2.05) is 0 Å². The van der Waals surface area contributed by atoms with Crippen molar-refractivity contribution in [1.82, 2.24) is 9.55 Å². The Kier molecular flexibility index (Phi) is 3.46. The molecule has 2 heterocycles. The molecule has 0 aliphatic carbocycles. The average Bonchev–Trinajstić information content (AvgIpc) is 2.36. The second-order valence-corrected chi connectivity index (χ2v) is 4.50. The first kappa shape index (κ1) is 14.0. The molecule has 0 saturated carbocycles. The van der Waals surface area contributed by atoms with Gasteiger partial charge in [-0.15, -0.1) is 0 Å². The zero-order chi connectivity index (χ0) is 15.0. The fraction of sp³-hybridized carbons (Fsp3) is 0.167. The van der Waals surface area contributed by atoms with Gasteiger partial charge in [0.1, 0.15) is 0 Å². The highest BCUT2D eigenvalue weighted by Crippen LogP contribution is 2.30. The van der Waals surface area contributed by atoms with Crippen molar-refractivity contribution in [3.63, 3.8) is 0 Å². The van der Waals surface area contributed by atoms with Crippen LogP contribution in [-0.4, -0.2) is 31.7 Å². The van der Waals surface area contributed by atoms with E-state index in [1.165, 1.54) is 25.4 Å². The predicted octanol–water partition coefficient (Wildman–Crippen LogP) is 0.840. The van der Waals surface area contributed by atoms with Crippen LogP contribution in [0.2, 0.25) is 5.02 Å². The fourth-order valence-electron chi connectivity index (χ4n) is 1.98. The molecule has 0 bridgehead atoms. The number of rotatable bonds is 3. The number of aliphatic carboxylic acids is 2. The molecule has 0 amide bonds. The topological polar surface area (TPSA) is 109 Å². The van der Waals surface area contributed by atoms with Gasteiger partial charge < -0.3 is 14.8 Å². The first-order valence-electron chi connectivity index (χ1n) is 5.44. The molecule has 104 valence electrons. The lowest BCUT2D eigenvalue weighted by Gasteiger charge is -2.14. The number of carboxylic acids is 2. The van der Waals surface area contributed by atoms with E-state index in [2.05, 4.69) is 4.98 Å². The van der Waals surface area contributed by atoms with Gasteiger partial charge >= 0.3 is 11.9 Å². The Labute approximate surface area is 117 Å². The Hall–Kier alpha value is -2.41. The summed E-state index contributed by atoms with van der Waals surface area (Å²) in [5.74, 6) is -5.01. The third-order valence-electron chi connectivity index (χ3n) is 2.90. The van der Waals surface area contributed by atoms with Crippen LogP contribution < -0.4 is 5.56 Å². The summed E-state index contributed by atoms with van der Waals surface area (Å²) < 4.78 is 1.13. The molecule has 2 rings (SSSR count). The first-order valence-corrected chi connectivity index (χ1v) is 5.82. The maximum atomic E-state index is 11.7. The van der Waals surface area contributed by atoms with Crippen LogP contribution in [0.15, 0.2) is 23.1 Å². The molecule has 2 N–H and O–H groups in total. The van der Waals surface area contributed by atoms with E-state index in [4.69, 9.17) is 21.8 Å². The molecule has 7 nitrogen and oxygen atoms in total. The van der Waals surface area contributed by atoms with Gasteiger partial charge in [0.15, 0.2) is 5.92 Å². The molecule has 0 fully saturated rings. The van der Waals surface area contributed by atoms with Gasteiger partial charge in [0.05, 0.1) is 16.1 Å². The van der Waals surface area contributed by atoms with Crippen LogP contribution in [0, 0.1) is 0 Å². The minimum atomic E-state index is -1.87. The van der Waals surface area contributed by atoms with Crippen LogP contribution in [0.4, 0.5) is 0 Å². The van der Waals surface area contributed by atoms with E-state index in [1.54, 1.807) is 0 Å². The Morgan fingerprint density at radius 1 is 1.30 bits per heavy atom. The monoisotopic (exact) mass is 296 g/mol. The molecule has 20 heavy (non-hydrogen) atoms. The molecular formula is C12H9ClN2O5. The van der Waals surface area contributed by atoms with E-state index in [0.29, 0.717) is 5.52 Å². The molecule has 0 spiro atoms. The van der Waals surface area contributed by atoms with Crippen molar-refractivity contribution in [2.45, 2.75) is 5.92 Å². The maximum Gasteiger partial charge on any atom is 0.322 e. The summed E-state index contributed by atoms with van der Waals surface area (Å²) >= 11 is 5.91. The van der Waals surface area contributed by atoms with Crippen LogP contribution >= 0.6 is 11.6 Å². The van der Waals surface area contributed by atoms with Crippen molar-refractivity contribution in [2.24, 2.45) is 7.05 Å². The molecule has 2 aromatic rings. The highest BCUT2D eigenvalue weighted by molar-refractivity contribution is 6.33. The third-order valence-corrected chi connectivity index (χ3v) is 3.21. The van der Waals surface area contributed by atoms with Gasteiger partial charge in [0, 0.05) is 24.9 Å². The molecule has 2 aromatic heterocycles. The predicted molar refractivity (Wildman–Crippen MR) is 70.0 cm³/mol. The Morgan fingerprint density at radius 3 is 2.45 bits per heavy atom. The van der Waals surface area contributed by atoms with E-state index in [-0.39, 0.29) is 16.1 Å². The van der Waals surface area contributed by atoms with E-state index < -0.39 is 23.4 Å². The zero-order valence-electron chi connectivity index (χ0n) is 10.2. The third kappa shape index (κ3) is 2.12. The van der Waals surface area contributed by atoms with Gasteiger partial charge in [-0.25, -0.2) is 0 Å². The summed E-state index contributed by atoms with van der Waals surface area (Å²) in [7, 11) is 1.40. The van der Waals surface area contributed by atoms with E-state index >= 15 is 0 Å². The molecule has 0 unspecified atom stereocenters. The maximum absolute atomic E-state index is 11.7. The summed E-state index contributed by atoms with van der Waals surface area (Å²) in [5, 5.41) is 18.1. The van der Waals surface area contributed by atoms with Crippen LogP contribution in [0.1, 0.15) is 11.5 Å². The number of hydrogen-bond donors (Lipinski definition) is 2. The number of fused-ring (bicyclic) bond motifs is 1. The van der Waals surface area contributed by atoms with Gasteiger partial charge in [0.2, 0.25) is 0 Å². The zero-order valence-corrected chi connectivity index (χ0v) is 11.0. The smallest absolute Gasteiger partial charge is 0.322 e. The summed E-state index contributed by atoms with van der Waals surface area (Å²) in [4.78, 5) is 38.0. The number of nitrogens with zero attached hydrogens (tertiary/aromatic N) is 2. The van der Waals surface area contributed by atoms with Crippen molar-refractivity contribution in [2.75, 3.05) is 0 Å². The van der Waals surface area contributed by atoms with E-state index in [0.717, 1.165) is 4.57 Å². The molecule has 8 heteroatoms. The van der Waals surface area contributed by atoms with Crippen molar-refractivity contribution in [3.05, 3.63) is 39.3 Å². The summed E-state index contributed by atoms with van der Waals surface area (Å²) in [6, 6.07) is 2.64. The largest absolute Gasteiger partial charge is 0.480 e. The van der Waals surface area contributed by atoms with Gasteiger partial charge in [-0.2, -0.15) is 0 Å². The SMILES string of the molecule is Cn1c(=O)ccc2ncc(Cl)c(C(C(=O)O)C(=O)O)c21. The van der Waals surface area contributed by atoms with Gasteiger partial charge in [-0.3, -0.25) is 19.4 Å². The van der Waals surface area contributed by atoms with Crippen LogP contribution in [0.3, 0.4) is 0 Å². The van der Waals surface area contributed by atoms with Crippen molar-refractivity contribution in [3.8, 4) is 0 Å². The quantitative estimate of drug-likeness (QED) is 0.812. The number of carboxylic acid groups (broad SMARTS) is 2. The fourth-order valence-corrected chi connectivity index (χ4v) is 2.23. The Bertz CT molecular complexity index is 769. The molecule has 0 aliphatic heterocycles. The molecule has 0 aromatic carbocycles. The number of pyridine rings is 2. The lowest BCUT2D eigenvalue weighted by molar-refractivity contribution is -0.149. The highest BCUT2D eigenvalue weighted by Gasteiger charge is 2.33. The molecule has 0 atom stereocenters. The minimum absolute atomic E-state index is 0.0970. The number of aryl methyl sites for hydroxylation is 1. The molecule has 0 radical (unpaired) electrons. The average molecular weight is 297 g/mol. The van der Waals surface area contributed by atoms with Crippen molar-refractivity contribution in [1.29, 1.82) is 0 Å². The Balaban J connectivity index is 2.97. The van der Waals surface area contributed by atoms with Gasteiger partial charge in [-0.1, -0.05) is 11.6 Å². The second-order valence-electron chi connectivity index (χ2n) is 4.09. The van der Waals surface area contributed by atoms with Gasteiger partial charge in [-0.05, 0) is 6.07 Å². The second kappa shape index (κ2) is 4.93. The van der Waals surface area contributed by atoms with Crippen molar-refractivity contribution >= 4 is 34.6 Å². The van der Waals surface area contributed by atoms with Crippen molar-refractivity contribution < 1.29 is 19.8 Å². The lowest BCUT2D eigenvalue weighted by Crippen LogP contribution is -2.25. The summed E-state index contributed by atoms with van der Waals surface area (Å²) in [6.45, 7) is 0. The van der Waals surface area contributed by atoms with Crippen LogP contribution in [-0.2, 0) is 16.6 Å². The molecule has 0 aliphatic rings. The first-order chi connectivity index (χ1) is 9.34. The summed E-state index contributed by atoms with van der Waals surface area (Å²) in [5.41, 5.74) is -0.187. The van der Waals surface area contributed by atoms with Crippen LogP contribution in [0.5, 0.6) is 0 Å². The van der Waals surface area contributed by atoms with Gasteiger partial charge in [0.25, 0.3) is 5.56 Å². The highest BCUT2D eigenvalue weighted by atomic mass is 35.5. The number of halogens is 1. The lowest BCUT2D eigenvalue weighted by atomic mass is 9.98. The molecular weight excluding hydrogens is 288 g/mol. The normalized spacial score (nSPS) is 10.9. The number of hydrogen-bond acceptors (Lipinski definition) is 4. The number of carbonyl (C=O) groups is 2. The van der Waals surface area contributed by atoms with Crippen LogP contribution in [0.25, 0.3) is 11.0 Å². The standard InChI is InChI=1S/C12H9ClN2O5/c1-15-7(16)3-2-6-10(15)8(5(13)4-14-6)9(11(17)18)12(19)20/h2-4,9H,1H3,(H,17,18)(H,19,20). The molecule has 0 saturated heterocycles. The van der Waals surface area contributed by atoms with E-state index in [9.17, 15) is 14.4 Å². The number of aromatic nitrogens is 2. The Morgan fingerprint density at radius 2 is 1.90 bits per heavy atom. The summed E-state index contributed by atoms with van der Waals surface area (Å²) in [6.07, 6.45) is 1.17. The minimum Gasteiger partial charge on any atom is -0.480 e.